The third-order valence-electron chi connectivity index (χ3n) is 1.72. The summed E-state index contributed by atoms with van der Waals surface area (Å²) in [6, 6.07) is 0. The molecule has 0 bridgehead atoms. The van der Waals surface area contributed by atoms with Gasteiger partial charge in [-0.15, -0.1) is 0 Å². The topological polar surface area (TPSA) is 81.1 Å². The van der Waals surface area contributed by atoms with Gasteiger partial charge in [-0.25, -0.2) is 0 Å². The fourth-order valence-corrected chi connectivity index (χ4v) is 1.03. The van der Waals surface area contributed by atoms with Crippen LogP contribution in [0.25, 0.3) is 0 Å². The third kappa shape index (κ3) is 1.25. The van der Waals surface area contributed by atoms with E-state index in [1.54, 1.807) is 0 Å². The van der Waals surface area contributed by atoms with Gasteiger partial charge in [-0.3, -0.25) is 10.6 Å². The highest BCUT2D eigenvalue weighted by atomic mass is 16.1. The molecule has 1 aliphatic carbocycles. The molecule has 0 spiro atoms. The smallest absolute Gasteiger partial charge is 0.180 e. The van der Waals surface area contributed by atoms with Crippen molar-refractivity contribution in [2.75, 3.05) is 0 Å². The number of Topliss-reactive ketones (excluding diaryl/α,β-unsaturated/α-hetero) is 1. The molecule has 5 N–H and O–H groups in total. The van der Waals surface area contributed by atoms with Crippen LogP contribution in [0.3, 0.4) is 0 Å². The number of carbonyl (C=O) groups excluding carboxylic acids is 1. The van der Waals surface area contributed by atoms with Crippen molar-refractivity contribution in [3.63, 3.8) is 0 Å². The van der Waals surface area contributed by atoms with E-state index in [9.17, 15) is 4.79 Å². The van der Waals surface area contributed by atoms with Gasteiger partial charge in [-0.1, -0.05) is 6.58 Å². The molecule has 11 heavy (non-hydrogen) atoms. The van der Waals surface area contributed by atoms with Gasteiger partial charge in [0.15, 0.2) is 5.78 Å². The Labute approximate surface area is 64.9 Å². The van der Waals surface area contributed by atoms with Crippen molar-refractivity contribution in [2.45, 2.75) is 12.8 Å². The van der Waals surface area contributed by atoms with Crippen LogP contribution in [-0.4, -0.2) is 5.78 Å². The Morgan fingerprint density at radius 3 is 2.55 bits per heavy atom. The van der Waals surface area contributed by atoms with Crippen molar-refractivity contribution in [1.82, 2.24) is 5.43 Å². The normalized spacial score (nSPS) is 19.0. The number of carbonyl (C=O) groups is 1. The van der Waals surface area contributed by atoms with Gasteiger partial charge >= 0.3 is 0 Å². The largest absolute Gasteiger partial charge is 0.394 e. The quantitative estimate of drug-likeness (QED) is 0.351. The van der Waals surface area contributed by atoms with E-state index in [1.807, 2.05) is 0 Å². The lowest BCUT2D eigenvalue weighted by Crippen LogP contribution is -2.31. The monoisotopic (exact) mass is 153 g/mol. The number of nitrogens with two attached hydrogens (primary N) is 2. The molecular weight excluding hydrogens is 142 g/mol. The first-order valence-electron chi connectivity index (χ1n) is 3.34. The average Bonchev–Trinajstić information content (AvgIpc) is 1.99. The van der Waals surface area contributed by atoms with Gasteiger partial charge in [0.25, 0.3) is 0 Å². The van der Waals surface area contributed by atoms with Crippen LogP contribution in [0.4, 0.5) is 0 Å². The van der Waals surface area contributed by atoms with Gasteiger partial charge in [-0.05, 0) is 12.0 Å². The zero-order chi connectivity index (χ0) is 8.43. The summed E-state index contributed by atoms with van der Waals surface area (Å²) in [5.41, 5.74) is 9.30. The maximum Gasteiger partial charge on any atom is 0.180 e. The molecule has 0 aromatic heterocycles. The van der Waals surface area contributed by atoms with E-state index in [2.05, 4.69) is 12.0 Å². The summed E-state index contributed by atoms with van der Waals surface area (Å²) in [4.78, 5) is 11.0. The van der Waals surface area contributed by atoms with Crippen molar-refractivity contribution in [3.8, 4) is 0 Å². The zero-order valence-electron chi connectivity index (χ0n) is 6.18. The Hall–Kier alpha value is -1.29. The summed E-state index contributed by atoms with van der Waals surface area (Å²) in [7, 11) is 0. The molecule has 0 aliphatic heterocycles. The Morgan fingerprint density at radius 2 is 2.09 bits per heavy atom. The van der Waals surface area contributed by atoms with Crippen molar-refractivity contribution in [3.05, 3.63) is 23.5 Å². The first-order chi connectivity index (χ1) is 5.16. The number of hydrogen-bond acceptors (Lipinski definition) is 4. The molecule has 0 radical (unpaired) electrons. The Morgan fingerprint density at radius 1 is 1.45 bits per heavy atom. The lowest BCUT2D eigenvalue weighted by Gasteiger charge is -2.17. The van der Waals surface area contributed by atoms with E-state index >= 15 is 0 Å². The minimum atomic E-state index is -0.0645. The standard InChI is InChI=1S/C7H11N3O/c1-4-2-3-5(11)6(8)7(4)10-9/h10H,1-3,8-9H2. The molecule has 0 saturated carbocycles. The first-order valence-corrected chi connectivity index (χ1v) is 3.34. The predicted molar refractivity (Wildman–Crippen MR) is 41.9 cm³/mol. The molecule has 0 saturated heterocycles. The van der Waals surface area contributed by atoms with Crippen LogP contribution in [-0.2, 0) is 4.79 Å². The van der Waals surface area contributed by atoms with E-state index in [-0.39, 0.29) is 11.5 Å². The van der Waals surface area contributed by atoms with Crippen LogP contribution in [0.5, 0.6) is 0 Å². The average molecular weight is 153 g/mol. The second-order valence-corrected chi connectivity index (χ2v) is 2.46. The van der Waals surface area contributed by atoms with Gasteiger partial charge in [0.1, 0.15) is 5.70 Å². The third-order valence-corrected chi connectivity index (χ3v) is 1.72. The van der Waals surface area contributed by atoms with E-state index in [4.69, 9.17) is 11.6 Å². The molecule has 0 heterocycles. The van der Waals surface area contributed by atoms with Crippen LogP contribution in [0.1, 0.15) is 12.8 Å². The Kier molecular flexibility index (Phi) is 1.96. The molecule has 0 atom stereocenters. The summed E-state index contributed by atoms with van der Waals surface area (Å²) in [6.45, 7) is 3.72. The fourth-order valence-electron chi connectivity index (χ4n) is 1.03. The maximum absolute atomic E-state index is 11.0. The molecule has 0 aromatic carbocycles. The molecule has 1 rings (SSSR count). The Balaban J connectivity index is 3.03. The SMILES string of the molecule is C=C1CCC(=O)C(N)=C1NN. The minimum Gasteiger partial charge on any atom is -0.394 e. The van der Waals surface area contributed by atoms with Crippen molar-refractivity contribution < 1.29 is 4.79 Å². The highest BCUT2D eigenvalue weighted by molar-refractivity contribution is 5.97. The van der Waals surface area contributed by atoms with Crippen LogP contribution >= 0.6 is 0 Å². The number of ketones is 1. The van der Waals surface area contributed by atoms with E-state index in [0.717, 1.165) is 5.57 Å². The summed E-state index contributed by atoms with van der Waals surface area (Å²) in [6.07, 6.45) is 1.08. The van der Waals surface area contributed by atoms with Crippen LogP contribution < -0.4 is 17.0 Å². The molecule has 60 valence electrons. The van der Waals surface area contributed by atoms with Crippen molar-refractivity contribution >= 4 is 5.78 Å². The molecule has 0 aromatic rings. The lowest BCUT2D eigenvalue weighted by molar-refractivity contribution is -0.115. The number of hydrogen-bond donors (Lipinski definition) is 3. The maximum atomic E-state index is 11.0. The zero-order valence-corrected chi connectivity index (χ0v) is 6.18. The van der Waals surface area contributed by atoms with E-state index in [1.165, 1.54) is 0 Å². The highest BCUT2D eigenvalue weighted by Gasteiger charge is 2.19. The molecule has 1 aliphatic rings. The number of hydrazine groups is 1. The summed E-state index contributed by atoms with van der Waals surface area (Å²) in [5, 5.41) is 0. The second kappa shape index (κ2) is 2.75. The van der Waals surface area contributed by atoms with Crippen LogP contribution in [0, 0.1) is 0 Å². The second-order valence-electron chi connectivity index (χ2n) is 2.46. The van der Waals surface area contributed by atoms with Crippen molar-refractivity contribution in [1.29, 1.82) is 0 Å². The van der Waals surface area contributed by atoms with Crippen molar-refractivity contribution in [2.24, 2.45) is 11.6 Å². The van der Waals surface area contributed by atoms with E-state index in [0.29, 0.717) is 18.5 Å². The molecule has 0 unspecified atom stereocenters. The molecule has 4 nitrogen and oxygen atoms in total. The summed E-state index contributed by atoms with van der Waals surface area (Å²) in [5.74, 6) is 5.08. The molecular formula is C7H11N3O. The van der Waals surface area contributed by atoms with Crippen LogP contribution in [0.2, 0.25) is 0 Å². The molecule has 4 heteroatoms. The van der Waals surface area contributed by atoms with Gasteiger partial charge in [0.2, 0.25) is 0 Å². The minimum absolute atomic E-state index is 0.0645. The number of nitrogens with one attached hydrogen (secondary N) is 1. The summed E-state index contributed by atoms with van der Waals surface area (Å²) < 4.78 is 0. The number of rotatable bonds is 1. The molecule has 0 amide bonds. The summed E-state index contributed by atoms with van der Waals surface area (Å²) >= 11 is 0. The van der Waals surface area contributed by atoms with E-state index < -0.39 is 0 Å². The predicted octanol–water partition coefficient (Wildman–Crippen LogP) is -0.461. The lowest BCUT2D eigenvalue weighted by atomic mass is 9.97. The first kappa shape index (κ1) is 7.81. The van der Waals surface area contributed by atoms with Gasteiger partial charge in [0.05, 0.1) is 5.70 Å². The van der Waals surface area contributed by atoms with Gasteiger partial charge in [-0.2, -0.15) is 0 Å². The fraction of sp³-hybridized carbons (Fsp3) is 0.286. The van der Waals surface area contributed by atoms with Gasteiger partial charge < -0.3 is 11.2 Å². The number of allylic oxidation sites excluding steroid dienone is 2. The van der Waals surface area contributed by atoms with Gasteiger partial charge in [0, 0.05) is 6.42 Å². The van der Waals surface area contributed by atoms with Crippen LogP contribution in [0.15, 0.2) is 23.5 Å². The highest BCUT2D eigenvalue weighted by Crippen LogP contribution is 2.20. The Bertz CT molecular complexity index is 242. The molecule has 0 fully saturated rings.